The van der Waals surface area contributed by atoms with Crippen molar-refractivity contribution in [2.45, 2.75) is 49.1 Å². The van der Waals surface area contributed by atoms with Gasteiger partial charge in [-0.25, -0.2) is 9.59 Å². The summed E-state index contributed by atoms with van der Waals surface area (Å²) in [5, 5.41) is 87.8. The molecular weight excluding hydrogens is 496 g/mol. The Morgan fingerprint density at radius 3 is 2.19 bits per heavy atom. The van der Waals surface area contributed by atoms with E-state index in [-0.39, 0.29) is 0 Å². The van der Waals surface area contributed by atoms with Crippen LogP contribution in [0.4, 0.5) is 0 Å². The number of aliphatic carboxylic acids is 2. The molecule has 0 unspecified atom stereocenters. The lowest BCUT2D eigenvalue weighted by atomic mass is 9.76. The quantitative estimate of drug-likeness (QED) is 0.128. The van der Waals surface area contributed by atoms with Gasteiger partial charge in [0, 0.05) is 5.56 Å². The third kappa shape index (κ3) is 4.84. The second-order valence-corrected chi connectivity index (χ2v) is 8.12. The maximum Gasteiger partial charge on any atom is 0.345 e. The third-order valence-corrected chi connectivity index (χ3v) is 5.86. The fourth-order valence-electron chi connectivity index (χ4n) is 4.07. The van der Waals surface area contributed by atoms with Crippen molar-refractivity contribution < 1.29 is 79.3 Å². The first-order chi connectivity index (χ1) is 16.8. The normalized spacial score (nSPS) is 30.6. The van der Waals surface area contributed by atoms with Crippen LogP contribution in [0.15, 0.2) is 6.07 Å². The standard InChI is InChI=1S/C20H22O16/c21-6-1-4-9(13(26)11(6)24)10(16(17(29)30)36-19(4)32)5(2-8(22)23)18(31)34-3-7-12(25)14(27)15(28)20(33)35-7/h1,5,7,10,12,14-16,20-21,24-28,33H,2-3H2,(H,22,23)(H,29,30)/t5-,7+,10-,12+,14-,15+,16-,20+/m0/s1. The summed E-state index contributed by atoms with van der Waals surface area (Å²) in [4.78, 5) is 48.6. The van der Waals surface area contributed by atoms with E-state index in [2.05, 4.69) is 0 Å². The van der Waals surface area contributed by atoms with Gasteiger partial charge < -0.3 is 60.2 Å². The second kappa shape index (κ2) is 10.1. The molecule has 0 aromatic heterocycles. The van der Waals surface area contributed by atoms with Crippen molar-refractivity contribution >= 4 is 23.9 Å². The van der Waals surface area contributed by atoms with Gasteiger partial charge in [0.05, 0.1) is 23.8 Å². The predicted octanol–water partition coefficient (Wildman–Crippen LogP) is -3.06. The number of phenols is 3. The molecule has 9 N–H and O–H groups in total. The summed E-state index contributed by atoms with van der Waals surface area (Å²) in [6.45, 7) is -0.916. The van der Waals surface area contributed by atoms with Crippen LogP contribution >= 0.6 is 0 Å². The van der Waals surface area contributed by atoms with E-state index in [9.17, 15) is 65.1 Å². The fourth-order valence-corrected chi connectivity index (χ4v) is 4.07. The van der Waals surface area contributed by atoms with Gasteiger partial charge in [-0.1, -0.05) is 0 Å². The molecule has 198 valence electrons. The zero-order chi connectivity index (χ0) is 27.1. The molecule has 16 nitrogen and oxygen atoms in total. The van der Waals surface area contributed by atoms with Crippen molar-refractivity contribution in [3.05, 3.63) is 17.2 Å². The average molecular weight is 518 g/mol. The molecular formula is C20H22O16. The van der Waals surface area contributed by atoms with Crippen molar-refractivity contribution in [2.24, 2.45) is 5.92 Å². The number of aliphatic hydroxyl groups is 4. The van der Waals surface area contributed by atoms with Crippen molar-refractivity contribution in [2.75, 3.05) is 6.61 Å². The number of phenolic OH excluding ortho intramolecular Hbond substituents is 3. The molecule has 2 aliphatic heterocycles. The number of benzene rings is 1. The SMILES string of the molecule is O=C(O)C[C@H](C(=O)OC[C@H]1O[C@@H](O)[C@H](O)[C@@H](O)[C@@H]1O)[C@H]1c2c(cc(O)c(O)c2O)C(=O)O[C@@H]1C(=O)O. The van der Waals surface area contributed by atoms with Crippen LogP contribution in [0.3, 0.4) is 0 Å². The number of aliphatic hydroxyl groups excluding tert-OH is 4. The van der Waals surface area contributed by atoms with Crippen LogP contribution < -0.4 is 0 Å². The Bertz CT molecular complexity index is 1070. The molecule has 36 heavy (non-hydrogen) atoms. The number of aromatic hydroxyl groups is 3. The van der Waals surface area contributed by atoms with Gasteiger partial charge in [0.25, 0.3) is 0 Å². The van der Waals surface area contributed by atoms with Crippen LogP contribution in [0.5, 0.6) is 17.2 Å². The van der Waals surface area contributed by atoms with Gasteiger partial charge in [0.15, 0.2) is 17.8 Å². The number of hydrogen-bond donors (Lipinski definition) is 9. The summed E-state index contributed by atoms with van der Waals surface area (Å²) >= 11 is 0. The molecule has 2 heterocycles. The highest BCUT2D eigenvalue weighted by Gasteiger charge is 2.51. The molecule has 0 bridgehead atoms. The van der Waals surface area contributed by atoms with E-state index in [0.29, 0.717) is 6.07 Å². The number of carbonyl (C=O) groups excluding carboxylic acids is 2. The van der Waals surface area contributed by atoms with E-state index in [1.807, 2.05) is 0 Å². The van der Waals surface area contributed by atoms with Crippen LogP contribution in [-0.2, 0) is 28.6 Å². The van der Waals surface area contributed by atoms with Gasteiger partial charge in [-0.3, -0.25) is 9.59 Å². The Hall–Kier alpha value is -3.70. The number of cyclic esters (lactones) is 1. The molecule has 0 amide bonds. The molecule has 1 aromatic carbocycles. The summed E-state index contributed by atoms with van der Waals surface area (Å²) in [6.07, 6.45) is -12.6. The van der Waals surface area contributed by atoms with Crippen molar-refractivity contribution in [3.63, 3.8) is 0 Å². The van der Waals surface area contributed by atoms with Gasteiger partial charge in [0.1, 0.15) is 31.0 Å². The first kappa shape index (κ1) is 26.9. The second-order valence-electron chi connectivity index (χ2n) is 8.12. The van der Waals surface area contributed by atoms with E-state index in [1.165, 1.54) is 0 Å². The lowest BCUT2D eigenvalue weighted by Crippen LogP contribution is -2.58. The lowest BCUT2D eigenvalue weighted by Gasteiger charge is -2.38. The molecule has 0 saturated carbocycles. The van der Waals surface area contributed by atoms with Crippen LogP contribution in [0.1, 0.15) is 28.3 Å². The van der Waals surface area contributed by atoms with Gasteiger partial charge >= 0.3 is 23.9 Å². The van der Waals surface area contributed by atoms with Gasteiger partial charge in [0.2, 0.25) is 11.9 Å². The first-order valence-electron chi connectivity index (χ1n) is 10.2. The van der Waals surface area contributed by atoms with Crippen LogP contribution in [0.25, 0.3) is 0 Å². The Labute approximate surface area is 200 Å². The molecule has 16 heteroatoms. The highest BCUT2D eigenvalue weighted by atomic mass is 16.7. The molecule has 3 rings (SSSR count). The van der Waals surface area contributed by atoms with Crippen molar-refractivity contribution in [3.8, 4) is 17.2 Å². The number of ether oxygens (including phenoxy) is 3. The van der Waals surface area contributed by atoms with E-state index in [1.54, 1.807) is 0 Å². The monoisotopic (exact) mass is 518 g/mol. The number of rotatable bonds is 7. The summed E-state index contributed by atoms with van der Waals surface area (Å²) in [7, 11) is 0. The van der Waals surface area contributed by atoms with Crippen LogP contribution in [0.2, 0.25) is 0 Å². The maximum atomic E-state index is 13.0. The summed E-state index contributed by atoms with van der Waals surface area (Å²) in [5.41, 5.74) is -1.35. The molecule has 8 atom stereocenters. The minimum Gasteiger partial charge on any atom is -0.504 e. The predicted molar refractivity (Wildman–Crippen MR) is 107 cm³/mol. The first-order valence-corrected chi connectivity index (χ1v) is 10.2. The zero-order valence-corrected chi connectivity index (χ0v) is 18.0. The van der Waals surface area contributed by atoms with E-state index < -0.39 is 114 Å². The number of carboxylic acids is 2. The summed E-state index contributed by atoms with van der Waals surface area (Å²) < 4.78 is 14.6. The highest BCUT2D eigenvalue weighted by molar-refractivity contribution is 5.98. The molecule has 0 radical (unpaired) electrons. The molecule has 0 spiro atoms. The number of carbonyl (C=O) groups is 4. The highest BCUT2D eigenvalue weighted by Crippen LogP contribution is 2.49. The number of carboxylic acid groups (broad SMARTS) is 2. The van der Waals surface area contributed by atoms with Gasteiger partial charge in [-0.15, -0.1) is 0 Å². The molecule has 2 aliphatic rings. The maximum absolute atomic E-state index is 13.0. The van der Waals surface area contributed by atoms with Crippen molar-refractivity contribution in [1.82, 2.24) is 0 Å². The van der Waals surface area contributed by atoms with Gasteiger partial charge in [-0.05, 0) is 6.07 Å². The Balaban J connectivity index is 1.99. The van der Waals surface area contributed by atoms with Crippen molar-refractivity contribution in [1.29, 1.82) is 0 Å². The summed E-state index contributed by atoms with van der Waals surface area (Å²) in [6, 6.07) is 0.626. The molecule has 0 aliphatic carbocycles. The fraction of sp³-hybridized carbons (Fsp3) is 0.500. The number of fused-ring (bicyclic) bond motifs is 1. The molecule has 1 saturated heterocycles. The van der Waals surface area contributed by atoms with E-state index in [0.717, 1.165) is 0 Å². The van der Waals surface area contributed by atoms with Crippen LogP contribution in [0, 0.1) is 5.92 Å². The van der Waals surface area contributed by atoms with Crippen LogP contribution in [-0.4, -0.2) is 113 Å². The molecule has 1 aromatic rings. The summed E-state index contributed by atoms with van der Waals surface area (Å²) in [5.74, 6) is -13.6. The minimum atomic E-state index is -2.24. The Morgan fingerprint density at radius 1 is 0.972 bits per heavy atom. The zero-order valence-electron chi connectivity index (χ0n) is 18.0. The third-order valence-electron chi connectivity index (χ3n) is 5.86. The molecule has 1 fully saturated rings. The van der Waals surface area contributed by atoms with E-state index >= 15 is 0 Å². The van der Waals surface area contributed by atoms with E-state index in [4.69, 9.17) is 14.2 Å². The smallest absolute Gasteiger partial charge is 0.345 e. The Kier molecular flexibility index (Phi) is 7.56. The largest absolute Gasteiger partial charge is 0.504 e. The topological polar surface area (TPSA) is 278 Å². The lowest BCUT2D eigenvalue weighted by molar-refractivity contribution is -0.287. The van der Waals surface area contributed by atoms with Gasteiger partial charge in [-0.2, -0.15) is 0 Å². The number of hydrogen-bond acceptors (Lipinski definition) is 14. The Morgan fingerprint density at radius 2 is 1.61 bits per heavy atom. The number of esters is 2. The minimum absolute atomic E-state index is 0.626. The average Bonchev–Trinajstić information content (AvgIpc) is 2.81.